The van der Waals surface area contributed by atoms with Gasteiger partial charge in [0.15, 0.2) is 0 Å². The van der Waals surface area contributed by atoms with Gasteiger partial charge in [0.1, 0.15) is 0 Å². The Kier molecular flexibility index (Phi) is 14.5. The maximum Gasteiger partial charge on any atom is 0.0527 e. The lowest BCUT2D eigenvalue weighted by atomic mass is 9.73. The molecular weight excluding hydrogens is 328 g/mol. The number of hydrogen-bond donors (Lipinski definition) is 1. The third-order valence-corrected chi connectivity index (χ3v) is 6.21. The summed E-state index contributed by atoms with van der Waals surface area (Å²) in [6.45, 7) is 4.85. The molecule has 27 heavy (non-hydrogen) atoms. The Morgan fingerprint density at radius 2 is 1.00 bits per heavy atom. The quantitative estimate of drug-likeness (QED) is 0.257. The van der Waals surface area contributed by atoms with Gasteiger partial charge in [0.25, 0.3) is 0 Å². The largest absolute Gasteiger partial charge is 0.395 e. The van der Waals surface area contributed by atoms with Crippen LogP contribution in [0, 0.1) is 0 Å². The highest BCUT2D eigenvalue weighted by molar-refractivity contribution is 5.25. The Morgan fingerprint density at radius 1 is 0.593 bits per heavy atom. The molecule has 1 N–H and O–H groups in total. The fourth-order valence-corrected chi connectivity index (χ4v) is 4.30. The Balaban J connectivity index is 2.46. The zero-order chi connectivity index (χ0) is 19.6. The van der Waals surface area contributed by atoms with Gasteiger partial charge in [0, 0.05) is 5.41 Å². The summed E-state index contributed by atoms with van der Waals surface area (Å²) in [5.74, 6) is 0. The highest BCUT2D eigenvalue weighted by Crippen LogP contribution is 2.35. The summed E-state index contributed by atoms with van der Waals surface area (Å²) in [6, 6.07) is 10.8. The number of benzene rings is 1. The lowest BCUT2D eigenvalue weighted by Gasteiger charge is -2.33. The van der Waals surface area contributed by atoms with Gasteiger partial charge in [-0.25, -0.2) is 0 Å². The van der Waals surface area contributed by atoms with Crippen LogP contribution >= 0.6 is 0 Å². The minimum absolute atomic E-state index is 0.0197. The van der Waals surface area contributed by atoms with Crippen LogP contribution in [-0.2, 0) is 5.41 Å². The molecule has 0 saturated heterocycles. The van der Waals surface area contributed by atoms with Gasteiger partial charge < -0.3 is 5.11 Å². The Hall–Kier alpha value is -0.820. The van der Waals surface area contributed by atoms with Crippen LogP contribution in [0.25, 0.3) is 0 Å². The maximum absolute atomic E-state index is 10.4. The van der Waals surface area contributed by atoms with Crippen molar-refractivity contribution in [1.29, 1.82) is 0 Å². The van der Waals surface area contributed by atoms with Crippen LogP contribution in [0.1, 0.15) is 122 Å². The van der Waals surface area contributed by atoms with Gasteiger partial charge >= 0.3 is 0 Å². The van der Waals surface area contributed by atoms with Crippen molar-refractivity contribution < 1.29 is 5.11 Å². The minimum Gasteiger partial charge on any atom is -0.395 e. The molecule has 0 fully saturated rings. The summed E-state index contributed by atoms with van der Waals surface area (Å²) < 4.78 is 0. The zero-order valence-electron chi connectivity index (χ0n) is 18.4. The molecule has 0 atom stereocenters. The number of aliphatic hydroxyl groups is 1. The first kappa shape index (κ1) is 24.2. The van der Waals surface area contributed by atoms with Gasteiger partial charge in [-0.1, -0.05) is 134 Å². The lowest BCUT2D eigenvalue weighted by molar-refractivity contribution is 0.167. The van der Waals surface area contributed by atoms with E-state index in [1.165, 1.54) is 95.5 Å². The molecule has 1 nitrogen and oxygen atoms in total. The van der Waals surface area contributed by atoms with Gasteiger partial charge in [0.05, 0.1) is 6.61 Å². The van der Waals surface area contributed by atoms with Crippen LogP contribution in [0.15, 0.2) is 30.3 Å². The summed E-state index contributed by atoms with van der Waals surface area (Å²) >= 11 is 0. The second kappa shape index (κ2) is 16.2. The topological polar surface area (TPSA) is 20.2 Å². The minimum atomic E-state index is -0.0197. The van der Waals surface area contributed by atoms with E-state index in [1.807, 2.05) is 0 Å². The molecule has 0 spiro atoms. The van der Waals surface area contributed by atoms with Crippen LogP contribution in [0.4, 0.5) is 0 Å². The van der Waals surface area contributed by atoms with Crippen molar-refractivity contribution in [2.24, 2.45) is 0 Å². The van der Waals surface area contributed by atoms with Crippen LogP contribution in [0.2, 0.25) is 0 Å². The molecule has 0 aliphatic rings. The van der Waals surface area contributed by atoms with E-state index >= 15 is 0 Å². The Labute approximate surface area is 170 Å². The number of hydrogen-bond acceptors (Lipinski definition) is 1. The molecule has 0 aliphatic heterocycles. The molecule has 0 aromatic heterocycles. The fraction of sp³-hybridized carbons (Fsp3) is 0.769. The smallest absolute Gasteiger partial charge is 0.0527 e. The molecule has 0 amide bonds. The molecule has 0 heterocycles. The molecule has 0 bridgehead atoms. The molecular formula is C26H46O. The summed E-state index contributed by atoms with van der Waals surface area (Å²) in [5.41, 5.74) is 1.33. The average molecular weight is 375 g/mol. The summed E-state index contributed by atoms with van der Waals surface area (Å²) in [7, 11) is 0. The van der Waals surface area contributed by atoms with E-state index in [4.69, 9.17) is 0 Å². The predicted octanol–water partition coefficient (Wildman–Crippen LogP) is 8.20. The van der Waals surface area contributed by atoms with Crippen molar-refractivity contribution in [3.8, 4) is 0 Å². The van der Waals surface area contributed by atoms with Gasteiger partial charge in [-0.05, 0) is 18.4 Å². The zero-order valence-corrected chi connectivity index (χ0v) is 18.4. The van der Waals surface area contributed by atoms with E-state index in [0.29, 0.717) is 6.61 Å². The number of rotatable bonds is 18. The first-order valence-electron chi connectivity index (χ1n) is 12.0. The fourth-order valence-electron chi connectivity index (χ4n) is 4.30. The highest BCUT2D eigenvalue weighted by atomic mass is 16.3. The van der Waals surface area contributed by atoms with Gasteiger partial charge in [-0.2, -0.15) is 0 Å². The van der Waals surface area contributed by atoms with Crippen LogP contribution < -0.4 is 0 Å². The summed E-state index contributed by atoms with van der Waals surface area (Å²) in [4.78, 5) is 0. The van der Waals surface area contributed by atoms with Crippen LogP contribution in [-0.4, -0.2) is 11.7 Å². The van der Waals surface area contributed by atoms with E-state index in [9.17, 15) is 5.11 Å². The molecule has 156 valence electrons. The van der Waals surface area contributed by atoms with E-state index < -0.39 is 0 Å². The van der Waals surface area contributed by atoms with E-state index in [1.54, 1.807) is 0 Å². The van der Waals surface area contributed by atoms with Crippen LogP contribution in [0.3, 0.4) is 0 Å². The van der Waals surface area contributed by atoms with Crippen molar-refractivity contribution in [2.45, 2.75) is 122 Å². The van der Waals surface area contributed by atoms with E-state index in [0.717, 1.165) is 12.8 Å². The van der Waals surface area contributed by atoms with Gasteiger partial charge in [-0.15, -0.1) is 0 Å². The molecule has 1 aromatic carbocycles. The Morgan fingerprint density at radius 3 is 1.41 bits per heavy atom. The molecule has 1 rings (SSSR count). The summed E-state index contributed by atoms with van der Waals surface area (Å²) in [5, 5.41) is 10.4. The van der Waals surface area contributed by atoms with Gasteiger partial charge in [-0.3, -0.25) is 0 Å². The third kappa shape index (κ3) is 10.3. The lowest BCUT2D eigenvalue weighted by Crippen LogP contribution is -2.30. The SMILES string of the molecule is CCCCCCCCCC(CO)(CCCCCCCCC)c1ccccc1. The van der Waals surface area contributed by atoms with E-state index in [-0.39, 0.29) is 5.41 Å². The summed E-state index contributed by atoms with van der Waals surface area (Å²) in [6.07, 6.45) is 21.0. The van der Waals surface area contributed by atoms with Crippen molar-refractivity contribution in [3.05, 3.63) is 35.9 Å². The van der Waals surface area contributed by atoms with Crippen molar-refractivity contribution in [2.75, 3.05) is 6.61 Å². The monoisotopic (exact) mass is 374 g/mol. The number of unbranched alkanes of at least 4 members (excludes halogenated alkanes) is 12. The highest BCUT2D eigenvalue weighted by Gasteiger charge is 2.30. The molecule has 1 heteroatoms. The number of aliphatic hydroxyl groups excluding tert-OH is 1. The van der Waals surface area contributed by atoms with Gasteiger partial charge in [0.2, 0.25) is 0 Å². The van der Waals surface area contributed by atoms with Crippen molar-refractivity contribution in [1.82, 2.24) is 0 Å². The van der Waals surface area contributed by atoms with Crippen molar-refractivity contribution in [3.63, 3.8) is 0 Å². The average Bonchev–Trinajstić information content (AvgIpc) is 2.71. The van der Waals surface area contributed by atoms with Crippen LogP contribution in [0.5, 0.6) is 0 Å². The Bertz CT molecular complexity index is 407. The molecule has 1 aromatic rings. The first-order chi connectivity index (χ1) is 13.3. The standard InChI is InChI=1S/C26H46O/c1-3-5-7-9-11-13-18-22-26(24-27,25-20-16-15-17-21-25)23-19-14-12-10-8-6-4-2/h15-17,20-21,27H,3-14,18-19,22-24H2,1-2H3. The normalized spacial score (nSPS) is 11.8. The van der Waals surface area contributed by atoms with E-state index in [2.05, 4.69) is 44.2 Å². The second-order valence-electron chi connectivity index (χ2n) is 8.55. The first-order valence-corrected chi connectivity index (χ1v) is 12.0. The maximum atomic E-state index is 10.4. The molecule has 0 unspecified atom stereocenters. The van der Waals surface area contributed by atoms with Crippen molar-refractivity contribution >= 4 is 0 Å². The molecule has 0 radical (unpaired) electrons. The molecule has 0 aliphatic carbocycles. The second-order valence-corrected chi connectivity index (χ2v) is 8.55. The molecule has 0 saturated carbocycles. The third-order valence-electron chi connectivity index (χ3n) is 6.21. The predicted molar refractivity (Wildman–Crippen MR) is 120 cm³/mol.